The van der Waals surface area contributed by atoms with Gasteiger partial charge in [-0.15, -0.1) is 10.2 Å². The molecule has 2 aromatic rings. The summed E-state index contributed by atoms with van der Waals surface area (Å²) >= 11 is 11.6. The molecule has 0 aliphatic carbocycles. The van der Waals surface area contributed by atoms with Crippen LogP contribution in [0.4, 0.5) is 5.69 Å². The fraction of sp³-hybridized carbons (Fsp3) is 0.471. The van der Waals surface area contributed by atoms with Gasteiger partial charge >= 0.3 is 0 Å². The SMILES string of the molecule is Cc1c(Cl)cccc1NC(=S)N[C@@H](C)c1nnc2n1CCCCC2. The van der Waals surface area contributed by atoms with Crippen LogP contribution < -0.4 is 10.6 Å². The van der Waals surface area contributed by atoms with Crippen LogP contribution in [0.1, 0.15) is 49.4 Å². The number of nitrogens with zero attached hydrogens (tertiary/aromatic N) is 3. The minimum Gasteiger partial charge on any atom is -0.353 e. The second kappa shape index (κ2) is 7.49. The third-order valence-electron chi connectivity index (χ3n) is 4.39. The van der Waals surface area contributed by atoms with E-state index in [1.807, 2.05) is 25.1 Å². The van der Waals surface area contributed by atoms with E-state index >= 15 is 0 Å². The van der Waals surface area contributed by atoms with Gasteiger partial charge in [0.05, 0.1) is 6.04 Å². The lowest BCUT2D eigenvalue weighted by Gasteiger charge is -2.18. The number of aryl methyl sites for hydroxylation is 1. The third kappa shape index (κ3) is 3.70. The van der Waals surface area contributed by atoms with E-state index in [9.17, 15) is 0 Å². The molecule has 24 heavy (non-hydrogen) atoms. The van der Waals surface area contributed by atoms with Crippen LogP contribution in [0.15, 0.2) is 18.2 Å². The predicted molar refractivity (Wildman–Crippen MR) is 102 cm³/mol. The fourth-order valence-corrected chi connectivity index (χ4v) is 3.45. The maximum atomic E-state index is 6.15. The number of benzene rings is 1. The van der Waals surface area contributed by atoms with E-state index in [1.165, 1.54) is 19.3 Å². The average molecular weight is 364 g/mol. The Hall–Kier alpha value is -1.66. The predicted octanol–water partition coefficient (Wildman–Crippen LogP) is 4.01. The van der Waals surface area contributed by atoms with Crippen molar-refractivity contribution in [3.63, 3.8) is 0 Å². The molecule has 2 heterocycles. The monoisotopic (exact) mass is 363 g/mol. The minimum absolute atomic E-state index is 0.0103. The summed E-state index contributed by atoms with van der Waals surface area (Å²) in [5.74, 6) is 2.03. The maximum Gasteiger partial charge on any atom is 0.171 e. The standard InChI is InChI=1S/C17H22ClN5S/c1-11-13(18)7-6-8-14(11)20-17(24)19-12(2)16-22-21-15-9-4-3-5-10-23(15)16/h6-8,12H,3-5,9-10H2,1-2H3,(H2,19,20,24)/t12-/m0/s1. The van der Waals surface area contributed by atoms with Crippen LogP contribution in [0.25, 0.3) is 0 Å². The highest BCUT2D eigenvalue weighted by Gasteiger charge is 2.19. The van der Waals surface area contributed by atoms with E-state index in [0.717, 1.165) is 40.9 Å². The van der Waals surface area contributed by atoms with Crippen molar-refractivity contribution in [2.45, 2.75) is 52.1 Å². The Labute approximate surface area is 152 Å². The molecule has 1 aliphatic heterocycles. The molecule has 1 aromatic carbocycles. The Morgan fingerprint density at radius 3 is 2.96 bits per heavy atom. The summed E-state index contributed by atoms with van der Waals surface area (Å²) in [6.07, 6.45) is 4.62. The van der Waals surface area contributed by atoms with E-state index in [4.69, 9.17) is 23.8 Å². The van der Waals surface area contributed by atoms with E-state index in [0.29, 0.717) is 5.11 Å². The lowest BCUT2D eigenvalue weighted by molar-refractivity contribution is 0.559. The Kier molecular flexibility index (Phi) is 5.36. The summed E-state index contributed by atoms with van der Waals surface area (Å²) in [6, 6.07) is 5.72. The first-order valence-electron chi connectivity index (χ1n) is 8.31. The normalized spacial score (nSPS) is 15.3. The molecule has 0 unspecified atom stereocenters. The number of thiocarbonyl (C=S) groups is 1. The van der Waals surface area contributed by atoms with Crippen LogP contribution in [0.5, 0.6) is 0 Å². The molecule has 0 radical (unpaired) electrons. The fourth-order valence-electron chi connectivity index (χ4n) is 2.99. The van der Waals surface area contributed by atoms with Gasteiger partial charge in [-0.05, 0) is 56.6 Å². The second-order valence-corrected chi connectivity index (χ2v) is 6.98. The molecule has 128 valence electrons. The summed E-state index contributed by atoms with van der Waals surface area (Å²) in [5, 5.41) is 16.5. The quantitative estimate of drug-likeness (QED) is 0.807. The van der Waals surface area contributed by atoms with Gasteiger partial charge in [0.2, 0.25) is 0 Å². The van der Waals surface area contributed by atoms with Crippen molar-refractivity contribution in [3.05, 3.63) is 40.4 Å². The van der Waals surface area contributed by atoms with Crippen LogP contribution in [-0.2, 0) is 13.0 Å². The van der Waals surface area contributed by atoms with Gasteiger partial charge in [-0.3, -0.25) is 0 Å². The van der Waals surface area contributed by atoms with Crippen molar-refractivity contribution >= 4 is 34.6 Å². The van der Waals surface area contributed by atoms with Crippen molar-refractivity contribution in [1.82, 2.24) is 20.1 Å². The molecule has 3 rings (SSSR count). The van der Waals surface area contributed by atoms with Crippen LogP contribution in [0.2, 0.25) is 5.02 Å². The zero-order valence-electron chi connectivity index (χ0n) is 14.0. The van der Waals surface area contributed by atoms with Gasteiger partial charge in [-0.2, -0.15) is 0 Å². The number of rotatable bonds is 3. The average Bonchev–Trinajstić information content (AvgIpc) is 2.81. The topological polar surface area (TPSA) is 54.8 Å². The minimum atomic E-state index is -0.0103. The van der Waals surface area contributed by atoms with Crippen LogP contribution >= 0.6 is 23.8 Å². The Morgan fingerprint density at radius 1 is 1.29 bits per heavy atom. The van der Waals surface area contributed by atoms with Gasteiger partial charge in [0.25, 0.3) is 0 Å². The number of halogens is 1. The molecule has 0 spiro atoms. The molecular formula is C17H22ClN5S. The largest absolute Gasteiger partial charge is 0.353 e. The van der Waals surface area contributed by atoms with Crippen LogP contribution in [-0.4, -0.2) is 19.9 Å². The van der Waals surface area contributed by atoms with Gasteiger partial charge in [-0.1, -0.05) is 24.1 Å². The molecule has 2 N–H and O–H groups in total. The Bertz CT molecular complexity index is 743. The highest BCUT2D eigenvalue weighted by molar-refractivity contribution is 7.80. The van der Waals surface area contributed by atoms with Gasteiger partial charge < -0.3 is 15.2 Å². The zero-order chi connectivity index (χ0) is 17.1. The van der Waals surface area contributed by atoms with Gasteiger partial charge in [0.15, 0.2) is 10.9 Å². The van der Waals surface area contributed by atoms with Gasteiger partial charge in [-0.25, -0.2) is 0 Å². The smallest absolute Gasteiger partial charge is 0.171 e. The molecule has 0 bridgehead atoms. The lowest BCUT2D eigenvalue weighted by atomic mass is 10.2. The zero-order valence-corrected chi connectivity index (χ0v) is 15.5. The Balaban J connectivity index is 1.68. The van der Waals surface area contributed by atoms with Crippen molar-refractivity contribution < 1.29 is 0 Å². The van der Waals surface area contributed by atoms with Crippen molar-refractivity contribution in [1.29, 1.82) is 0 Å². The van der Waals surface area contributed by atoms with Crippen LogP contribution in [0, 0.1) is 6.92 Å². The maximum absolute atomic E-state index is 6.15. The number of hydrogen-bond donors (Lipinski definition) is 2. The number of hydrogen-bond acceptors (Lipinski definition) is 3. The summed E-state index contributed by atoms with van der Waals surface area (Å²) in [7, 11) is 0. The van der Waals surface area contributed by atoms with Crippen molar-refractivity contribution in [2.24, 2.45) is 0 Å². The van der Waals surface area contributed by atoms with Crippen molar-refractivity contribution in [3.8, 4) is 0 Å². The molecule has 0 amide bonds. The van der Waals surface area contributed by atoms with Gasteiger partial charge in [0, 0.05) is 23.7 Å². The first kappa shape index (κ1) is 17.2. The summed E-state index contributed by atoms with van der Waals surface area (Å²) in [4.78, 5) is 0. The highest BCUT2D eigenvalue weighted by Crippen LogP contribution is 2.23. The molecule has 1 aliphatic rings. The molecule has 7 heteroatoms. The summed E-state index contributed by atoms with van der Waals surface area (Å²) < 4.78 is 2.23. The van der Waals surface area contributed by atoms with Gasteiger partial charge in [0.1, 0.15) is 5.82 Å². The van der Waals surface area contributed by atoms with Crippen molar-refractivity contribution in [2.75, 3.05) is 5.32 Å². The summed E-state index contributed by atoms with van der Waals surface area (Å²) in [5.41, 5.74) is 1.89. The molecule has 5 nitrogen and oxygen atoms in total. The first-order valence-corrected chi connectivity index (χ1v) is 9.09. The Morgan fingerprint density at radius 2 is 2.12 bits per heavy atom. The summed E-state index contributed by atoms with van der Waals surface area (Å²) in [6.45, 7) is 5.01. The van der Waals surface area contributed by atoms with E-state index in [2.05, 4.69) is 32.3 Å². The number of aromatic nitrogens is 3. The van der Waals surface area contributed by atoms with E-state index in [1.54, 1.807) is 0 Å². The molecular weight excluding hydrogens is 342 g/mol. The third-order valence-corrected chi connectivity index (χ3v) is 5.02. The molecule has 0 saturated carbocycles. The van der Waals surface area contributed by atoms with E-state index in [-0.39, 0.29) is 6.04 Å². The second-order valence-electron chi connectivity index (χ2n) is 6.17. The highest BCUT2D eigenvalue weighted by atomic mass is 35.5. The molecule has 1 atom stereocenters. The number of fused-ring (bicyclic) bond motifs is 1. The van der Waals surface area contributed by atoms with E-state index < -0.39 is 0 Å². The molecule has 1 aromatic heterocycles. The van der Waals surface area contributed by atoms with Crippen LogP contribution in [0.3, 0.4) is 0 Å². The number of anilines is 1. The molecule has 0 saturated heterocycles. The lowest BCUT2D eigenvalue weighted by Crippen LogP contribution is -2.32. The molecule has 0 fully saturated rings. The first-order chi connectivity index (χ1) is 11.6. The number of nitrogens with one attached hydrogen (secondary N) is 2.